The Bertz CT molecular complexity index is 310. The first-order valence-electron chi connectivity index (χ1n) is 7.06. The molecule has 1 amide bonds. The van der Waals surface area contributed by atoms with Crippen LogP contribution in [-0.2, 0) is 4.79 Å². The van der Waals surface area contributed by atoms with Gasteiger partial charge in [0, 0.05) is 19.5 Å². The van der Waals surface area contributed by atoms with Crippen molar-refractivity contribution in [2.75, 3.05) is 32.7 Å². The van der Waals surface area contributed by atoms with Gasteiger partial charge in [0.25, 0.3) is 0 Å². The third-order valence-corrected chi connectivity index (χ3v) is 3.63. The molecule has 0 saturated carbocycles. The molecule has 1 aliphatic heterocycles. The van der Waals surface area contributed by atoms with E-state index in [-0.39, 0.29) is 11.8 Å². The van der Waals surface area contributed by atoms with Crippen molar-refractivity contribution in [2.24, 2.45) is 17.6 Å². The van der Waals surface area contributed by atoms with E-state index in [9.17, 15) is 18.0 Å². The lowest BCUT2D eigenvalue weighted by Crippen LogP contribution is -2.34. The molecule has 0 spiro atoms. The van der Waals surface area contributed by atoms with E-state index in [1.165, 1.54) is 4.90 Å². The molecule has 0 bridgehead atoms. The van der Waals surface area contributed by atoms with Gasteiger partial charge in [0.1, 0.15) is 0 Å². The average molecular weight is 295 g/mol. The number of nitrogens with two attached hydrogens (primary N) is 1. The van der Waals surface area contributed by atoms with Gasteiger partial charge in [-0.1, -0.05) is 6.92 Å². The summed E-state index contributed by atoms with van der Waals surface area (Å²) in [6, 6.07) is 0. The molecule has 1 fully saturated rings. The Labute approximate surface area is 117 Å². The Morgan fingerprint density at radius 1 is 1.50 bits per heavy atom. The first-order valence-corrected chi connectivity index (χ1v) is 7.06. The topological polar surface area (TPSA) is 58.4 Å². The van der Waals surface area contributed by atoms with Gasteiger partial charge in [-0.05, 0) is 37.8 Å². The van der Waals surface area contributed by atoms with Crippen LogP contribution >= 0.6 is 0 Å². The van der Waals surface area contributed by atoms with Crippen LogP contribution in [0.3, 0.4) is 0 Å². The maximum atomic E-state index is 12.2. The van der Waals surface area contributed by atoms with E-state index in [1.54, 1.807) is 0 Å². The van der Waals surface area contributed by atoms with Crippen LogP contribution in [0.5, 0.6) is 0 Å². The van der Waals surface area contributed by atoms with Crippen molar-refractivity contribution in [3.63, 3.8) is 0 Å². The molecule has 3 N–H and O–H groups in total. The Balaban J connectivity index is 2.16. The van der Waals surface area contributed by atoms with E-state index in [2.05, 4.69) is 5.32 Å². The largest absolute Gasteiger partial charge is 0.401 e. The summed E-state index contributed by atoms with van der Waals surface area (Å²) in [5, 5.41) is 2.80. The van der Waals surface area contributed by atoms with E-state index in [4.69, 9.17) is 5.73 Å². The van der Waals surface area contributed by atoms with Gasteiger partial charge in [-0.3, -0.25) is 9.69 Å². The molecule has 0 aromatic carbocycles. The lowest BCUT2D eigenvalue weighted by molar-refractivity contribution is -0.143. The Morgan fingerprint density at radius 2 is 2.20 bits per heavy atom. The third-order valence-electron chi connectivity index (χ3n) is 3.63. The number of hydrogen-bond donors (Lipinski definition) is 2. The highest BCUT2D eigenvalue weighted by molar-refractivity contribution is 5.75. The number of rotatable bonds is 7. The summed E-state index contributed by atoms with van der Waals surface area (Å²) in [5.41, 5.74) is 5.47. The van der Waals surface area contributed by atoms with Crippen LogP contribution in [0.25, 0.3) is 0 Å². The SMILES string of the molecule is CC(CN)CCC(=O)NCC1CCN(CC(F)(F)F)C1. The quantitative estimate of drug-likeness (QED) is 0.745. The van der Waals surface area contributed by atoms with Crippen LogP contribution in [0.15, 0.2) is 0 Å². The maximum absolute atomic E-state index is 12.2. The van der Waals surface area contributed by atoms with Crippen LogP contribution in [-0.4, -0.2) is 49.7 Å². The van der Waals surface area contributed by atoms with Gasteiger partial charge in [-0.25, -0.2) is 0 Å². The van der Waals surface area contributed by atoms with Crippen molar-refractivity contribution in [2.45, 2.75) is 32.4 Å². The van der Waals surface area contributed by atoms with E-state index in [0.29, 0.717) is 44.9 Å². The summed E-state index contributed by atoms with van der Waals surface area (Å²) in [4.78, 5) is 13.0. The van der Waals surface area contributed by atoms with Gasteiger partial charge in [0.2, 0.25) is 5.91 Å². The second kappa shape index (κ2) is 7.83. The Kier molecular flexibility index (Phi) is 6.75. The number of halogens is 3. The first kappa shape index (κ1) is 17.2. The highest BCUT2D eigenvalue weighted by atomic mass is 19.4. The van der Waals surface area contributed by atoms with E-state index < -0.39 is 12.7 Å². The van der Waals surface area contributed by atoms with Gasteiger partial charge >= 0.3 is 6.18 Å². The second-order valence-electron chi connectivity index (χ2n) is 5.69. The highest BCUT2D eigenvalue weighted by Gasteiger charge is 2.34. The summed E-state index contributed by atoms with van der Waals surface area (Å²) in [5.74, 6) is 0.391. The molecule has 1 aliphatic rings. The number of carbonyl (C=O) groups excluding carboxylic acids is 1. The minimum Gasteiger partial charge on any atom is -0.356 e. The molecule has 4 nitrogen and oxygen atoms in total. The van der Waals surface area contributed by atoms with Gasteiger partial charge in [0.05, 0.1) is 6.54 Å². The molecule has 2 unspecified atom stereocenters. The Hall–Kier alpha value is -0.820. The summed E-state index contributed by atoms with van der Waals surface area (Å²) in [6.07, 6.45) is -2.27. The molecule has 1 heterocycles. The van der Waals surface area contributed by atoms with Crippen molar-refractivity contribution >= 4 is 5.91 Å². The lowest BCUT2D eigenvalue weighted by Gasteiger charge is -2.18. The van der Waals surface area contributed by atoms with Crippen molar-refractivity contribution in [1.82, 2.24) is 10.2 Å². The smallest absolute Gasteiger partial charge is 0.356 e. The number of hydrogen-bond acceptors (Lipinski definition) is 3. The van der Waals surface area contributed by atoms with Crippen molar-refractivity contribution in [1.29, 1.82) is 0 Å². The zero-order chi connectivity index (χ0) is 15.2. The molecule has 0 aliphatic carbocycles. The number of carbonyl (C=O) groups is 1. The fourth-order valence-corrected chi connectivity index (χ4v) is 2.32. The normalized spacial score (nSPS) is 21.9. The molecular weight excluding hydrogens is 271 g/mol. The second-order valence-corrected chi connectivity index (χ2v) is 5.69. The number of nitrogens with one attached hydrogen (secondary N) is 1. The molecule has 20 heavy (non-hydrogen) atoms. The third kappa shape index (κ3) is 7.09. The predicted molar refractivity (Wildman–Crippen MR) is 71.1 cm³/mol. The molecule has 118 valence electrons. The van der Waals surface area contributed by atoms with E-state index >= 15 is 0 Å². The number of alkyl halides is 3. The minimum absolute atomic E-state index is 0.0421. The van der Waals surface area contributed by atoms with Crippen LogP contribution in [0, 0.1) is 11.8 Å². The van der Waals surface area contributed by atoms with Gasteiger partial charge in [-0.15, -0.1) is 0 Å². The standard InChI is InChI=1S/C13H24F3N3O/c1-10(6-17)2-3-12(20)18-7-11-4-5-19(8-11)9-13(14,15)16/h10-11H,2-9,17H2,1H3,(H,18,20). The monoisotopic (exact) mass is 295 g/mol. The number of likely N-dealkylation sites (tertiary alicyclic amines) is 1. The van der Waals surface area contributed by atoms with Crippen LogP contribution < -0.4 is 11.1 Å². The molecule has 0 radical (unpaired) electrons. The van der Waals surface area contributed by atoms with Crippen LogP contribution in [0.2, 0.25) is 0 Å². The predicted octanol–water partition coefficient (Wildman–Crippen LogP) is 1.36. The zero-order valence-corrected chi connectivity index (χ0v) is 11.9. The summed E-state index contributed by atoms with van der Waals surface area (Å²) < 4.78 is 36.7. The molecule has 1 rings (SSSR count). The molecular formula is C13H24F3N3O. The van der Waals surface area contributed by atoms with Crippen LogP contribution in [0.4, 0.5) is 13.2 Å². The van der Waals surface area contributed by atoms with Gasteiger partial charge in [-0.2, -0.15) is 13.2 Å². The van der Waals surface area contributed by atoms with Crippen molar-refractivity contribution < 1.29 is 18.0 Å². The summed E-state index contributed by atoms with van der Waals surface area (Å²) in [7, 11) is 0. The number of nitrogens with zero attached hydrogens (tertiary/aromatic N) is 1. The summed E-state index contributed by atoms with van der Waals surface area (Å²) in [6.45, 7) is 3.00. The summed E-state index contributed by atoms with van der Waals surface area (Å²) >= 11 is 0. The van der Waals surface area contributed by atoms with Gasteiger partial charge < -0.3 is 11.1 Å². The molecule has 0 aromatic rings. The van der Waals surface area contributed by atoms with E-state index in [1.807, 2.05) is 6.92 Å². The molecule has 0 aromatic heterocycles. The van der Waals surface area contributed by atoms with Crippen LogP contribution in [0.1, 0.15) is 26.2 Å². The molecule has 2 atom stereocenters. The fourth-order valence-electron chi connectivity index (χ4n) is 2.32. The lowest BCUT2D eigenvalue weighted by atomic mass is 10.1. The molecule has 1 saturated heterocycles. The van der Waals surface area contributed by atoms with Crippen molar-refractivity contribution in [3.05, 3.63) is 0 Å². The highest BCUT2D eigenvalue weighted by Crippen LogP contribution is 2.22. The van der Waals surface area contributed by atoms with Gasteiger partial charge in [0.15, 0.2) is 0 Å². The molecule has 7 heteroatoms. The first-order chi connectivity index (χ1) is 9.30. The average Bonchev–Trinajstić information content (AvgIpc) is 2.78. The maximum Gasteiger partial charge on any atom is 0.401 e. The number of amides is 1. The fraction of sp³-hybridized carbons (Fsp3) is 0.923. The zero-order valence-electron chi connectivity index (χ0n) is 11.9. The van der Waals surface area contributed by atoms with E-state index in [0.717, 1.165) is 6.42 Å². The van der Waals surface area contributed by atoms with Crippen molar-refractivity contribution in [3.8, 4) is 0 Å². The Morgan fingerprint density at radius 3 is 2.80 bits per heavy atom. The minimum atomic E-state index is -4.14.